The lowest BCUT2D eigenvalue weighted by molar-refractivity contribution is -0.138. The maximum absolute atomic E-state index is 13.9. The summed E-state index contributed by atoms with van der Waals surface area (Å²) in [5.74, 6) is -1.95. The molecular formula is C21H20F3N3O3. The monoisotopic (exact) mass is 419 g/mol. The first-order chi connectivity index (χ1) is 14.2. The molecule has 4 rings (SSSR count). The fourth-order valence-corrected chi connectivity index (χ4v) is 3.72. The van der Waals surface area contributed by atoms with E-state index in [1.54, 1.807) is 17.1 Å². The Hall–Kier alpha value is -3.10. The minimum atomic E-state index is -4.79. The van der Waals surface area contributed by atoms with Crippen LogP contribution >= 0.6 is 0 Å². The average molecular weight is 419 g/mol. The van der Waals surface area contributed by atoms with E-state index in [4.69, 9.17) is 9.15 Å². The molecule has 0 saturated carbocycles. The Balaban J connectivity index is 1.82. The lowest BCUT2D eigenvalue weighted by atomic mass is 9.86. The molecule has 158 valence electrons. The number of hydrogen-bond acceptors (Lipinski definition) is 5. The van der Waals surface area contributed by atoms with E-state index < -0.39 is 23.5 Å². The van der Waals surface area contributed by atoms with E-state index in [0.29, 0.717) is 12.1 Å². The van der Waals surface area contributed by atoms with Gasteiger partial charge in [-0.25, -0.2) is 4.79 Å². The summed E-state index contributed by atoms with van der Waals surface area (Å²) < 4.78 is 53.6. The number of ether oxygens (including phenoxy) is 1. The third-order valence-electron chi connectivity index (χ3n) is 5.09. The van der Waals surface area contributed by atoms with Crippen LogP contribution in [0, 0.1) is 6.92 Å². The lowest BCUT2D eigenvalue weighted by Gasteiger charge is -2.17. The van der Waals surface area contributed by atoms with Crippen molar-refractivity contribution in [2.45, 2.75) is 45.8 Å². The van der Waals surface area contributed by atoms with Crippen LogP contribution in [0.5, 0.6) is 0 Å². The smallest absolute Gasteiger partial charge is 0.421 e. The molecule has 1 aliphatic carbocycles. The van der Waals surface area contributed by atoms with E-state index in [0.717, 1.165) is 11.3 Å². The van der Waals surface area contributed by atoms with Crippen LogP contribution in [-0.4, -0.2) is 27.3 Å². The number of carbonyl (C=O) groups excluding carboxylic acids is 1. The molecule has 9 heteroatoms. The zero-order valence-electron chi connectivity index (χ0n) is 16.7. The van der Waals surface area contributed by atoms with Gasteiger partial charge in [0.05, 0.1) is 24.4 Å². The zero-order chi connectivity index (χ0) is 21.6. The van der Waals surface area contributed by atoms with E-state index in [9.17, 15) is 18.0 Å². The van der Waals surface area contributed by atoms with Gasteiger partial charge in [0.25, 0.3) is 0 Å². The van der Waals surface area contributed by atoms with Crippen molar-refractivity contribution >= 4 is 5.97 Å². The Labute approximate surface area is 170 Å². The van der Waals surface area contributed by atoms with Crippen molar-refractivity contribution in [1.29, 1.82) is 0 Å². The molecule has 1 unspecified atom stereocenters. The number of carbonyl (C=O) groups is 1. The summed E-state index contributed by atoms with van der Waals surface area (Å²) >= 11 is 0. The van der Waals surface area contributed by atoms with E-state index in [-0.39, 0.29) is 36.0 Å². The summed E-state index contributed by atoms with van der Waals surface area (Å²) in [6.07, 6.45) is -1.09. The standard InChI is InChI=1S/C21H20F3N3O3/c1-4-29-20(28)19-17(21(22,23)24)16-15(30-19)7-11(2)14-10-27(26-18(14)16)9-13-6-5-12(3)25-8-13/h5-6,8,10-11H,4,7,9H2,1-3H3. The van der Waals surface area contributed by atoms with Gasteiger partial charge in [0, 0.05) is 30.1 Å². The number of nitrogens with zero attached hydrogens (tertiary/aromatic N) is 3. The molecule has 0 aromatic carbocycles. The average Bonchev–Trinajstić information content (AvgIpc) is 3.25. The first-order valence-corrected chi connectivity index (χ1v) is 9.58. The Morgan fingerprint density at radius 1 is 1.37 bits per heavy atom. The molecule has 0 spiro atoms. The summed E-state index contributed by atoms with van der Waals surface area (Å²) in [6, 6.07) is 3.76. The van der Waals surface area contributed by atoms with Crippen LogP contribution in [0.25, 0.3) is 11.3 Å². The number of alkyl halides is 3. The van der Waals surface area contributed by atoms with Crippen molar-refractivity contribution in [3.05, 3.63) is 58.4 Å². The molecule has 0 radical (unpaired) electrons. The molecule has 6 nitrogen and oxygen atoms in total. The Kier molecular flexibility index (Phi) is 4.91. The molecule has 0 fully saturated rings. The Morgan fingerprint density at radius 3 is 2.77 bits per heavy atom. The molecule has 0 N–H and O–H groups in total. The van der Waals surface area contributed by atoms with Crippen LogP contribution in [0.1, 0.15) is 58.5 Å². The maximum Gasteiger partial charge on any atom is 0.421 e. The molecular weight excluding hydrogens is 399 g/mol. The molecule has 30 heavy (non-hydrogen) atoms. The second-order valence-electron chi connectivity index (χ2n) is 7.37. The largest absolute Gasteiger partial charge is 0.460 e. The Morgan fingerprint density at radius 2 is 2.13 bits per heavy atom. The number of esters is 1. The number of aromatic nitrogens is 3. The van der Waals surface area contributed by atoms with Crippen molar-refractivity contribution in [2.75, 3.05) is 6.61 Å². The highest BCUT2D eigenvalue weighted by molar-refractivity contribution is 5.92. The highest BCUT2D eigenvalue weighted by Gasteiger charge is 2.46. The molecule has 0 bridgehead atoms. The highest BCUT2D eigenvalue weighted by Crippen LogP contribution is 2.48. The van der Waals surface area contributed by atoms with E-state index in [2.05, 4.69) is 10.1 Å². The molecule has 1 aliphatic rings. The summed E-state index contributed by atoms with van der Waals surface area (Å²) in [5.41, 5.74) is 1.34. The summed E-state index contributed by atoms with van der Waals surface area (Å²) in [6.45, 7) is 5.60. The van der Waals surface area contributed by atoms with Crippen molar-refractivity contribution in [1.82, 2.24) is 14.8 Å². The molecule has 0 saturated heterocycles. The normalized spacial score (nSPS) is 15.6. The zero-order valence-corrected chi connectivity index (χ0v) is 16.7. The molecule has 0 aliphatic heterocycles. The number of hydrogen-bond donors (Lipinski definition) is 0. The fourth-order valence-electron chi connectivity index (χ4n) is 3.72. The third kappa shape index (κ3) is 3.48. The van der Waals surface area contributed by atoms with Gasteiger partial charge in [0.15, 0.2) is 0 Å². The number of furan rings is 1. The quantitative estimate of drug-likeness (QED) is 0.571. The van der Waals surface area contributed by atoms with Gasteiger partial charge < -0.3 is 9.15 Å². The summed E-state index contributed by atoms with van der Waals surface area (Å²) in [4.78, 5) is 16.4. The predicted molar refractivity (Wildman–Crippen MR) is 101 cm³/mol. The molecule has 3 aromatic heterocycles. The first-order valence-electron chi connectivity index (χ1n) is 9.58. The molecule has 0 amide bonds. The predicted octanol–water partition coefficient (Wildman–Crippen LogP) is 4.75. The van der Waals surface area contributed by atoms with Gasteiger partial charge in [0.2, 0.25) is 5.76 Å². The lowest BCUT2D eigenvalue weighted by Crippen LogP contribution is -2.15. The van der Waals surface area contributed by atoms with Gasteiger partial charge >= 0.3 is 12.1 Å². The molecule has 1 atom stereocenters. The van der Waals surface area contributed by atoms with E-state index >= 15 is 0 Å². The minimum Gasteiger partial charge on any atom is -0.460 e. The number of aryl methyl sites for hydroxylation is 1. The van der Waals surface area contributed by atoms with Crippen LogP contribution in [0.4, 0.5) is 13.2 Å². The topological polar surface area (TPSA) is 70.2 Å². The first kappa shape index (κ1) is 20.2. The van der Waals surface area contributed by atoms with Crippen LogP contribution in [0.3, 0.4) is 0 Å². The van der Waals surface area contributed by atoms with Gasteiger partial charge in [-0.3, -0.25) is 9.67 Å². The van der Waals surface area contributed by atoms with Gasteiger partial charge in [-0.1, -0.05) is 13.0 Å². The number of halogens is 3. The number of pyridine rings is 1. The SMILES string of the molecule is CCOC(=O)c1oc2c(c1C(F)(F)F)-c1nn(Cc3ccc(C)nc3)cc1C(C)C2. The van der Waals surface area contributed by atoms with Crippen molar-refractivity contribution < 1.29 is 27.1 Å². The van der Waals surface area contributed by atoms with E-state index in [1.165, 1.54) is 6.92 Å². The second kappa shape index (κ2) is 7.30. The van der Waals surface area contributed by atoms with Crippen molar-refractivity contribution in [2.24, 2.45) is 0 Å². The van der Waals surface area contributed by atoms with Crippen LogP contribution < -0.4 is 0 Å². The maximum atomic E-state index is 13.9. The highest BCUT2D eigenvalue weighted by atomic mass is 19.4. The van der Waals surface area contributed by atoms with Gasteiger partial charge in [-0.2, -0.15) is 18.3 Å². The van der Waals surface area contributed by atoms with E-state index in [1.807, 2.05) is 26.0 Å². The fraction of sp³-hybridized carbons (Fsp3) is 0.381. The molecule has 3 heterocycles. The summed E-state index contributed by atoms with van der Waals surface area (Å²) in [5, 5.41) is 4.43. The second-order valence-corrected chi connectivity index (χ2v) is 7.37. The van der Waals surface area contributed by atoms with Gasteiger partial charge in [-0.15, -0.1) is 0 Å². The van der Waals surface area contributed by atoms with Crippen LogP contribution in [0.15, 0.2) is 28.9 Å². The molecule has 3 aromatic rings. The minimum absolute atomic E-state index is 0.0532. The number of rotatable bonds is 4. The third-order valence-corrected chi connectivity index (χ3v) is 5.09. The van der Waals surface area contributed by atoms with Crippen molar-refractivity contribution in [3.8, 4) is 11.3 Å². The van der Waals surface area contributed by atoms with Crippen LogP contribution in [0.2, 0.25) is 0 Å². The van der Waals surface area contributed by atoms with Crippen molar-refractivity contribution in [3.63, 3.8) is 0 Å². The Bertz CT molecular complexity index is 1100. The van der Waals surface area contributed by atoms with Gasteiger partial charge in [-0.05, 0) is 31.4 Å². The van der Waals surface area contributed by atoms with Gasteiger partial charge in [0.1, 0.15) is 11.3 Å². The van der Waals surface area contributed by atoms with Crippen LogP contribution in [-0.2, 0) is 23.9 Å². The summed E-state index contributed by atoms with van der Waals surface area (Å²) in [7, 11) is 0. The number of fused-ring (bicyclic) bond motifs is 3.